The van der Waals surface area contributed by atoms with Crippen molar-refractivity contribution in [3.8, 4) is 11.8 Å². The fraction of sp³-hybridized carbons (Fsp3) is 0.400. The fourth-order valence-corrected chi connectivity index (χ4v) is 4.85. The summed E-state index contributed by atoms with van der Waals surface area (Å²) in [4.78, 5) is 15.6. The minimum Gasteiger partial charge on any atom is -0.496 e. The second kappa shape index (κ2) is 8.75. The van der Waals surface area contributed by atoms with Crippen LogP contribution in [0.3, 0.4) is 0 Å². The second-order valence-corrected chi connectivity index (χ2v) is 8.25. The van der Waals surface area contributed by atoms with E-state index in [1.807, 2.05) is 24.1 Å². The van der Waals surface area contributed by atoms with Crippen molar-refractivity contribution in [3.05, 3.63) is 44.8 Å². The molecule has 0 fully saturated rings. The Bertz CT molecular complexity index is 888. The van der Waals surface area contributed by atoms with Gasteiger partial charge in [-0.3, -0.25) is 9.69 Å². The van der Waals surface area contributed by atoms with Crippen molar-refractivity contribution < 1.29 is 9.53 Å². The zero-order valence-electron chi connectivity index (χ0n) is 15.5. The number of rotatable bonds is 6. The van der Waals surface area contributed by atoms with Gasteiger partial charge in [0, 0.05) is 22.0 Å². The normalized spacial score (nSPS) is 13.1. The van der Waals surface area contributed by atoms with E-state index in [4.69, 9.17) is 16.3 Å². The molecule has 5 nitrogen and oxygen atoms in total. The lowest BCUT2D eigenvalue weighted by atomic mass is 9.96. The van der Waals surface area contributed by atoms with Crippen molar-refractivity contribution in [1.29, 1.82) is 5.26 Å². The maximum absolute atomic E-state index is 12.5. The number of halogens is 1. The van der Waals surface area contributed by atoms with Gasteiger partial charge in [0.2, 0.25) is 5.91 Å². The van der Waals surface area contributed by atoms with E-state index in [-0.39, 0.29) is 12.5 Å². The Hall–Kier alpha value is -2.07. The van der Waals surface area contributed by atoms with Crippen molar-refractivity contribution in [3.63, 3.8) is 0 Å². The van der Waals surface area contributed by atoms with E-state index in [1.54, 1.807) is 24.5 Å². The molecule has 7 heteroatoms. The van der Waals surface area contributed by atoms with Gasteiger partial charge in [-0.1, -0.05) is 11.6 Å². The summed E-state index contributed by atoms with van der Waals surface area (Å²) < 4.78 is 5.36. The van der Waals surface area contributed by atoms with Crippen molar-refractivity contribution >= 4 is 33.8 Å². The van der Waals surface area contributed by atoms with Gasteiger partial charge < -0.3 is 10.1 Å². The van der Waals surface area contributed by atoms with Crippen LogP contribution in [0, 0.1) is 11.3 Å². The fourth-order valence-electron chi connectivity index (χ4n) is 3.40. The molecule has 1 N–H and O–H groups in total. The number of ether oxygens (including phenoxy) is 1. The van der Waals surface area contributed by atoms with E-state index in [0.717, 1.165) is 42.6 Å². The molecule has 2 aromatic rings. The minimum atomic E-state index is -0.131. The second-order valence-electron chi connectivity index (χ2n) is 6.70. The van der Waals surface area contributed by atoms with Gasteiger partial charge in [0.05, 0.1) is 19.2 Å². The highest BCUT2D eigenvalue weighted by atomic mass is 35.5. The summed E-state index contributed by atoms with van der Waals surface area (Å²) in [5.74, 6) is 0.609. The van der Waals surface area contributed by atoms with Crippen LogP contribution in [-0.4, -0.2) is 31.5 Å². The number of hydrogen-bond acceptors (Lipinski definition) is 5. The van der Waals surface area contributed by atoms with Crippen LogP contribution in [-0.2, 0) is 24.2 Å². The Kier molecular flexibility index (Phi) is 6.38. The van der Waals surface area contributed by atoms with Gasteiger partial charge in [0.25, 0.3) is 0 Å². The number of nitriles is 1. The summed E-state index contributed by atoms with van der Waals surface area (Å²) >= 11 is 7.61. The summed E-state index contributed by atoms with van der Waals surface area (Å²) in [6.45, 7) is 0.742. The number of carbonyl (C=O) groups excluding carboxylic acids is 1. The number of amides is 1. The quantitative estimate of drug-likeness (QED) is 0.783. The van der Waals surface area contributed by atoms with Gasteiger partial charge in [-0.05, 0) is 56.5 Å². The molecule has 0 unspecified atom stereocenters. The predicted octanol–water partition coefficient (Wildman–Crippen LogP) is 4.23. The first-order valence-electron chi connectivity index (χ1n) is 8.87. The van der Waals surface area contributed by atoms with E-state index < -0.39 is 0 Å². The van der Waals surface area contributed by atoms with Crippen molar-refractivity contribution in [2.24, 2.45) is 0 Å². The van der Waals surface area contributed by atoms with E-state index in [0.29, 0.717) is 22.1 Å². The van der Waals surface area contributed by atoms with E-state index in [9.17, 15) is 10.1 Å². The third-order valence-corrected chi connectivity index (χ3v) is 6.07. The molecule has 0 saturated heterocycles. The first-order chi connectivity index (χ1) is 13.0. The van der Waals surface area contributed by atoms with E-state index in [2.05, 4.69) is 11.4 Å². The lowest BCUT2D eigenvalue weighted by molar-refractivity contribution is -0.117. The van der Waals surface area contributed by atoms with Crippen LogP contribution in [0.5, 0.6) is 5.75 Å². The first-order valence-corrected chi connectivity index (χ1v) is 10.1. The first kappa shape index (κ1) is 19.7. The Morgan fingerprint density at radius 3 is 2.93 bits per heavy atom. The number of nitrogens with one attached hydrogen (secondary N) is 1. The van der Waals surface area contributed by atoms with Gasteiger partial charge >= 0.3 is 0 Å². The molecule has 1 amide bonds. The summed E-state index contributed by atoms with van der Waals surface area (Å²) in [7, 11) is 3.48. The van der Waals surface area contributed by atoms with E-state index >= 15 is 0 Å². The largest absolute Gasteiger partial charge is 0.496 e. The molecule has 1 aromatic heterocycles. The maximum Gasteiger partial charge on any atom is 0.239 e. The number of nitrogens with zero attached hydrogens (tertiary/aromatic N) is 2. The Morgan fingerprint density at radius 1 is 1.41 bits per heavy atom. The number of methoxy groups -OCH3 is 1. The molecule has 1 aromatic carbocycles. The maximum atomic E-state index is 12.5. The molecule has 1 aliphatic rings. The van der Waals surface area contributed by atoms with Crippen LogP contribution < -0.4 is 10.1 Å². The lowest BCUT2D eigenvalue weighted by Crippen LogP contribution is -2.30. The summed E-state index contributed by atoms with van der Waals surface area (Å²) in [6.07, 6.45) is 4.18. The van der Waals surface area contributed by atoms with Crippen LogP contribution >= 0.6 is 22.9 Å². The zero-order valence-corrected chi connectivity index (χ0v) is 17.0. The van der Waals surface area contributed by atoms with Gasteiger partial charge in [-0.2, -0.15) is 5.26 Å². The van der Waals surface area contributed by atoms with Crippen LogP contribution in [0.4, 0.5) is 5.00 Å². The van der Waals surface area contributed by atoms with Crippen LogP contribution in [0.2, 0.25) is 5.02 Å². The molecule has 0 saturated carbocycles. The highest BCUT2D eigenvalue weighted by Gasteiger charge is 2.22. The highest BCUT2D eigenvalue weighted by Crippen LogP contribution is 2.37. The van der Waals surface area contributed by atoms with Crippen molar-refractivity contribution in [2.45, 2.75) is 32.2 Å². The molecular weight excluding hydrogens is 382 g/mol. The Balaban J connectivity index is 1.65. The molecule has 1 heterocycles. The SMILES string of the molecule is COc1ccc(Cl)cc1CN(C)CC(=O)Nc1sc2c(c1C#N)CCCC2. The number of anilines is 1. The van der Waals surface area contributed by atoms with Gasteiger partial charge in [-0.15, -0.1) is 11.3 Å². The smallest absolute Gasteiger partial charge is 0.239 e. The molecule has 142 valence electrons. The number of hydrogen-bond donors (Lipinski definition) is 1. The van der Waals surface area contributed by atoms with Crippen molar-refractivity contribution in [1.82, 2.24) is 4.90 Å². The number of thiophene rings is 1. The number of fused-ring (bicyclic) bond motifs is 1. The summed E-state index contributed by atoms with van der Waals surface area (Å²) in [5, 5.41) is 13.8. The molecule has 3 rings (SSSR count). The average Bonchev–Trinajstić information content (AvgIpc) is 2.98. The van der Waals surface area contributed by atoms with Crippen molar-refractivity contribution in [2.75, 3.05) is 26.0 Å². The van der Waals surface area contributed by atoms with E-state index in [1.165, 1.54) is 4.88 Å². The topological polar surface area (TPSA) is 65.4 Å². The third-order valence-electron chi connectivity index (χ3n) is 4.63. The number of likely N-dealkylation sites (N-methyl/N-ethyl adjacent to an activating group) is 1. The number of carbonyl (C=O) groups is 1. The molecule has 27 heavy (non-hydrogen) atoms. The van der Waals surface area contributed by atoms with Crippen LogP contribution in [0.1, 0.15) is 34.4 Å². The molecule has 0 bridgehead atoms. The third kappa shape index (κ3) is 4.62. The Labute approximate surface area is 168 Å². The molecule has 1 aliphatic carbocycles. The van der Waals surface area contributed by atoms with Crippen LogP contribution in [0.15, 0.2) is 18.2 Å². The molecule has 0 spiro atoms. The van der Waals surface area contributed by atoms with Gasteiger partial charge in [0.1, 0.15) is 16.8 Å². The van der Waals surface area contributed by atoms with Crippen LogP contribution in [0.25, 0.3) is 0 Å². The molecule has 0 aliphatic heterocycles. The summed E-state index contributed by atoms with van der Waals surface area (Å²) in [5.41, 5.74) is 2.69. The average molecular weight is 404 g/mol. The molecule has 0 atom stereocenters. The monoisotopic (exact) mass is 403 g/mol. The Morgan fingerprint density at radius 2 is 2.19 bits per heavy atom. The molecular formula is C20H22ClN3O2S. The number of benzene rings is 1. The minimum absolute atomic E-state index is 0.131. The summed E-state index contributed by atoms with van der Waals surface area (Å²) in [6, 6.07) is 7.71. The number of aryl methyl sites for hydroxylation is 1. The van der Waals surface area contributed by atoms with Gasteiger partial charge in [-0.25, -0.2) is 0 Å². The predicted molar refractivity (Wildman–Crippen MR) is 109 cm³/mol. The zero-order chi connectivity index (χ0) is 19.4. The standard InChI is InChI=1S/C20H22ClN3O2S/c1-24(11-13-9-14(21)7-8-17(13)26-2)12-19(25)23-20-16(10-22)15-5-3-4-6-18(15)27-20/h7-9H,3-6,11-12H2,1-2H3,(H,23,25). The van der Waals surface area contributed by atoms with Gasteiger partial charge in [0.15, 0.2) is 0 Å². The molecule has 0 radical (unpaired) electrons. The lowest BCUT2D eigenvalue weighted by Gasteiger charge is -2.18. The highest BCUT2D eigenvalue weighted by molar-refractivity contribution is 7.16.